The van der Waals surface area contributed by atoms with Gasteiger partial charge < -0.3 is 15.4 Å². The molecule has 0 aliphatic heterocycles. The van der Waals surface area contributed by atoms with Gasteiger partial charge in [-0.25, -0.2) is 4.98 Å². The second-order valence-corrected chi connectivity index (χ2v) is 7.72. The van der Waals surface area contributed by atoms with Crippen molar-refractivity contribution in [2.75, 3.05) is 18.6 Å². The maximum Gasteiger partial charge on any atom is 0.198 e. The fourth-order valence-corrected chi connectivity index (χ4v) is 3.08. The fourth-order valence-electron chi connectivity index (χ4n) is 1.82. The zero-order valence-electron chi connectivity index (χ0n) is 16.9. The molecular formula is C19H34N3OPS. The first-order valence-electron chi connectivity index (χ1n) is 8.59. The number of aliphatic hydroxyl groups excluding tert-OH is 1. The average Bonchev–Trinajstić information content (AvgIpc) is 2.60. The SMILES string of the molecule is C=C/C(O)=C(\C=C/C)Nc1nc(=S)[nH]c(C)c1CP(C)C.CC.CC. The van der Waals surface area contributed by atoms with Gasteiger partial charge in [-0.15, -0.1) is 7.92 Å². The van der Waals surface area contributed by atoms with Crippen molar-refractivity contribution in [1.29, 1.82) is 0 Å². The van der Waals surface area contributed by atoms with Crippen LogP contribution in [0.4, 0.5) is 5.82 Å². The van der Waals surface area contributed by atoms with E-state index in [0.717, 1.165) is 17.4 Å². The van der Waals surface area contributed by atoms with E-state index in [2.05, 4.69) is 35.2 Å². The minimum Gasteiger partial charge on any atom is -0.506 e. The molecule has 0 aliphatic rings. The van der Waals surface area contributed by atoms with Gasteiger partial charge in [0.1, 0.15) is 11.6 Å². The van der Waals surface area contributed by atoms with Gasteiger partial charge in [0.15, 0.2) is 4.77 Å². The van der Waals surface area contributed by atoms with E-state index in [1.54, 1.807) is 6.08 Å². The molecule has 0 fully saturated rings. The van der Waals surface area contributed by atoms with E-state index in [9.17, 15) is 5.11 Å². The number of aryl methyl sites for hydroxylation is 1. The summed E-state index contributed by atoms with van der Waals surface area (Å²) in [6, 6.07) is 0. The Balaban J connectivity index is 0. The molecule has 0 amide bonds. The molecule has 0 radical (unpaired) electrons. The molecule has 1 aromatic heterocycles. The van der Waals surface area contributed by atoms with Crippen LogP contribution in [0.15, 0.2) is 36.3 Å². The minimum absolute atomic E-state index is 0.0764. The van der Waals surface area contributed by atoms with E-state index >= 15 is 0 Å². The van der Waals surface area contributed by atoms with Crippen LogP contribution in [0.5, 0.6) is 0 Å². The topological polar surface area (TPSA) is 60.9 Å². The molecule has 0 saturated carbocycles. The van der Waals surface area contributed by atoms with Crippen LogP contribution in [0.3, 0.4) is 0 Å². The van der Waals surface area contributed by atoms with Crippen molar-refractivity contribution in [2.45, 2.75) is 47.7 Å². The highest BCUT2D eigenvalue weighted by atomic mass is 32.1. The van der Waals surface area contributed by atoms with Gasteiger partial charge in [-0.2, -0.15) is 0 Å². The van der Waals surface area contributed by atoms with Crippen molar-refractivity contribution < 1.29 is 5.11 Å². The molecule has 0 unspecified atom stereocenters. The summed E-state index contributed by atoms with van der Waals surface area (Å²) in [5, 5.41) is 13.1. The molecule has 0 aromatic carbocycles. The summed E-state index contributed by atoms with van der Waals surface area (Å²) in [4.78, 5) is 7.46. The van der Waals surface area contributed by atoms with Gasteiger partial charge in [-0.1, -0.05) is 40.3 Å². The number of allylic oxidation sites excluding steroid dienone is 3. The van der Waals surface area contributed by atoms with Gasteiger partial charge in [0.25, 0.3) is 0 Å². The van der Waals surface area contributed by atoms with Gasteiger partial charge in [0, 0.05) is 11.3 Å². The lowest BCUT2D eigenvalue weighted by Crippen LogP contribution is -2.08. The highest BCUT2D eigenvalue weighted by Gasteiger charge is 2.12. The molecule has 0 saturated heterocycles. The number of rotatable bonds is 6. The van der Waals surface area contributed by atoms with Gasteiger partial charge in [-0.3, -0.25) is 0 Å². The van der Waals surface area contributed by atoms with Crippen LogP contribution in [-0.2, 0) is 6.16 Å². The van der Waals surface area contributed by atoms with Crippen LogP contribution in [0.25, 0.3) is 0 Å². The summed E-state index contributed by atoms with van der Waals surface area (Å²) in [6.07, 6.45) is 5.94. The number of aliphatic hydroxyl groups is 1. The van der Waals surface area contributed by atoms with Gasteiger partial charge in [-0.05, 0) is 57.7 Å². The lowest BCUT2D eigenvalue weighted by Gasteiger charge is -2.16. The maximum atomic E-state index is 9.91. The number of anilines is 1. The van der Waals surface area contributed by atoms with Crippen LogP contribution < -0.4 is 5.32 Å². The molecular weight excluding hydrogens is 349 g/mol. The second kappa shape index (κ2) is 14.9. The van der Waals surface area contributed by atoms with Crippen molar-refractivity contribution in [1.82, 2.24) is 9.97 Å². The summed E-state index contributed by atoms with van der Waals surface area (Å²) in [5.41, 5.74) is 2.66. The minimum atomic E-state index is -0.121. The normalized spacial score (nSPS) is 11.1. The van der Waals surface area contributed by atoms with Crippen LogP contribution in [0.1, 0.15) is 45.9 Å². The number of hydrogen-bond donors (Lipinski definition) is 3. The van der Waals surface area contributed by atoms with Crippen LogP contribution in [0, 0.1) is 11.7 Å². The van der Waals surface area contributed by atoms with Gasteiger partial charge in [0.05, 0.1) is 5.70 Å². The quantitative estimate of drug-likeness (QED) is 0.222. The van der Waals surface area contributed by atoms with E-state index in [4.69, 9.17) is 12.2 Å². The highest BCUT2D eigenvalue weighted by Crippen LogP contribution is 2.34. The molecule has 4 nitrogen and oxygen atoms in total. The first-order chi connectivity index (χ1) is 11.9. The van der Waals surface area contributed by atoms with Crippen LogP contribution >= 0.6 is 20.1 Å². The Morgan fingerprint density at radius 1 is 1.32 bits per heavy atom. The number of aromatic nitrogens is 2. The molecule has 0 bridgehead atoms. The van der Waals surface area contributed by atoms with Crippen molar-refractivity contribution in [3.05, 3.63) is 52.3 Å². The van der Waals surface area contributed by atoms with Crippen LogP contribution in [-0.4, -0.2) is 28.4 Å². The average molecular weight is 384 g/mol. The summed E-state index contributed by atoms with van der Waals surface area (Å²) in [7, 11) is -0.121. The summed E-state index contributed by atoms with van der Waals surface area (Å²) < 4.78 is 0.424. The Labute approximate surface area is 159 Å². The molecule has 3 N–H and O–H groups in total. The van der Waals surface area contributed by atoms with E-state index in [0.29, 0.717) is 16.3 Å². The third-order valence-corrected chi connectivity index (χ3v) is 3.92. The molecule has 0 aliphatic carbocycles. The molecule has 142 valence electrons. The lowest BCUT2D eigenvalue weighted by atomic mass is 10.2. The molecule has 1 aromatic rings. The van der Waals surface area contributed by atoms with E-state index in [1.807, 2.05) is 47.6 Å². The Kier molecular flexibility index (Phi) is 15.3. The van der Waals surface area contributed by atoms with Gasteiger partial charge in [0.2, 0.25) is 0 Å². The largest absolute Gasteiger partial charge is 0.506 e. The molecule has 0 atom stereocenters. The monoisotopic (exact) mass is 383 g/mol. The maximum absolute atomic E-state index is 9.91. The Bertz CT molecular complexity index is 634. The predicted molar refractivity (Wildman–Crippen MR) is 118 cm³/mol. The molecule has 0 spiro atoms. The zero-order chi connectivity index (χ0) is 20.0. The van der Waals surface area contributed by atoms with E-state index in [-0.39, 0.29) is 13.7 Å². The fraction of sp³-hybridized carbons (Fsp3) is 0.474. The number of nitrogens with zero attached hydrogens (tertiary/aromatic N) is 1. The highest BCUT2D eigenvalue weighted by molar-refractivity contribution is 7.71. The molecule has 25 heavy (non-hydrogen) atoms. The van der Waals surface area contributed by atoms with Crippen molar-refractivity contribution in [3.8, 4) is 0 Å². The molecule has 1 heterocycles. The Morgan fingerprint density at radius 3 is 2.32 bits per heavy atom. The standard InChI is InChI=1S/C15H22N3OPS.2C2H6/c1-6-8-12(13(19)7-2)17-14-11(9-20(4)5)10(3)16-15(21)18-14;2*1-2/h6-8,19H,2,9H2,1,3-5H3,(H2,16,17,18,21);2*1-2H3/b8-6-,13-12-;;. The second-order valence-electron chi connectivity index (χ2n) is 4.86. The van der Waals surface area contributed by atoms with Crippen LogP contribution in [0.2, 0.25) is 0 Å². The number of aromatic amines is 1. The first kappa shape index (κ1) is 25.8. The summed E-state index contributed by atoms with van der Waals surface area (Å²) in [6.45, 7) is 19.9. The Hall–Kier alpha value is -1.45. The molecule has 6 heteroatoms. The lowest BCUT2D eigenvalue weighted by molar-refractivity contribution is 0.428. The van der Waals surface area contributed by atoms with Crippen molar-refractivity contribution in [3.63, 3.8) is 0 Å². The summed E-state index contributed by atoms with van der Waals surface area (Å²) in [5.74, 6) is 0.765. The first-order valence-corrected chi connectivity index (χ1v) is 11.4. The smallest absolute Gasteiger partial charge is 0.198 e. The number of nitrogens with one attached hydrogen (secondary N) is 2. The number of hydrogen-bond acceptors (Lipinski definition) is 4. The van der Waals surface area contributed by atoms with Gasteiger partial charge >= 0.3 is 0 Å². The predicted octanol–water partition coefficient (Wildman–Crippen LogP) is 6.69. The van der Waals surface area contributed by atoms with E-state index < -0.39 is 0 Å². The van der Waals surface area contributed by atoms with Crippen molar-refractivity contribution in [2.24, 2.45) is 0 Å². The third-order valence-electron chi connectivity index (χ3n) is 2.78. The molecule has 1 rings (SSSR count). The third kappa shape index (κ3) is 9.57. The Morgan fingerprint density at radius 2 is 1.88 bits per heavy atom. The van der Waals surface area contributed by atoms with E-state index in [1.165, 1.54) is 6.08 Å². The number of H-pyrrole nitrogens is 1. The zero-order valence-corrected chi connectivity index (χ0v) is 18.6. The van der Waals surface area contributed by atoms with Crippen molar-refractivity contribution >= 4 is 26.0 Å². The summed E-state index contributed by atoms with van der Waals surface area (Å²) >= 11 is 5.15.